The van der Waals surface area contributed by atoms with E-state index in [1.165, 1.54) is 12.1 Å². The number of rotatable bonds is 4. The molecule has 130 valence electrons. The average molecular weight is 344 g/mol. The molecule has 2 aromatic carbocycles. The van der Waals surface area contributed by atoms with Gasteiger partial charge in [0.2, 0.25) is 11.7 Å². The van der Waals surface area contributed by atoms with E-state index in [-0.39, 0.29) is 18.0 Å². The number of amides is 1. The van der Waals surface area contributed by atoms with Gasteiger partial charge in [-0.05, 0) is 25.0 Å². The highest BCUT2D eigenvalue weighted by molar-refractivity contribution is 5.80. The highest BCUT2D eigenvalue weighted by Crippen LogP contribution is 2.31. The van der Waals surface area contributed by atoms with Gasteiger partial charge in [0.1, 0.15) is 5.75 Å². The molecule has 0 saturated carbocycles. The highest BCUT2D eigenvalue weighted by atomic mass is 19.1. The van der Waals surface area contributed by atoms with Gasteiger partial charge in [0.15, 0.2) is 0 Å². The molecular weight excluding hydrogens is 327 g/mol. The minimum atomic E-state index is -0.941. The minimum Gasteiger partial charge on any atom is -0.493 e. The smallest absolute Gasteiger partial charge is 0.308 e. The Morgan fingerprint density at radius 2 is 2.08 bits per heavy atom. The molecule has 1 aliphatic rings. The van der Waals surface area contributed by atoms with Crippen molar-refractivity contribution in [3.05, 3.63) is 69.5 Å². The number of nitrogens with one attached hydrogen (secondary N) is 1. The second-order valence-corrected chi connectivity index (χ2v) is 5.83. The Kier molecular flexibility index (Phi) is 4.92. The number of para-hydroxylation sites is 2. The Hall–Kier alpha value is -2.96. The molecule has 6 nitrogen and oxygen atoms in total. The van der Waals surface area contributed by atoms with Gasteiger partial charge in [-0.15, -0.1) is 0 Å². The third-order valence-electron chi connectivity index (χ3n) is 4.13. The lowest BCUT2D eigenvalue weighted by atomic mass is 10.0. The zero-order valence-corrected chi connectivity index (χ0v) is 13.4. The van der Waals surface area contributed by atoms with Crippen molar-refractivity contribution in [3.8, 4) is 5.75 Å². The standard InChI is InChI=1S/C18H17FN2O4/c19-14-7-3-5-12(18(14)21(23)24)11-17(22)20-15-8-4-10-25-16-9-2-1-6-13(15)16/h1-3,5-7,9,15H,4,8,10-11H2,(H,20,22)/t15-/m1/s1. The monoisotopic (exact) mass is 344 g/mol. The van der Waals surface area contributed by atoms with Crippen LogP contribution in [0.25, 0.3) is 0 Å². The van der Waals surface area contributed by atoms with E-state index in [4.69, 9.17) is 4.74 Å². The third-order valence-corrected chi connectivity index (χ3v) is 4.13. The predicted octanol–water partition coefficient (Wildman–Crippen LogP) is 3.31. The summed E-state index contributed by atoms with van der Waals surface area (Å²) >= 11 is 0. The molecule has 0 unspecified atom stereocenters. The lowest BCUT2D eigenvalue weighted by Gasteiger charge is -2.18. The summed E-state index contributed by atoms with van der Waals surface area (Å²) in [4.78, 5) is 22.6. The lowest BCUT2D eigenvalue weighted by molar-refractivity contribution is -0.388. The van der Waals surface area contributed by atoms with Crippen molar-refractivity contribution in [2.24, 2.45) is 0 Å². The number of ether oxygens (including phenoxy) is 1. The van der Waals surface area contributed by atoms with E-state index < -0.39 is 22.3 Å². The maximum Gasteiger partial charge on any atom is 0.308 e. The van der Waals surface area contributed by atoms with Crippen LogP contribution in [-0.2, 0) is 11.2 Å². The normalized spacial score (nSPS) is 16.3. The first-order chi connectivity index (χ1) is 12.1. The van der Waals surface area contributed by atoms with E-state index in [1.807, 2.05) is 24.3 Å². The van der Waals surface area contributed by atoms with E-state index >= 15 is 0 Å². The van der Waals surface area contributed by atoms with Crippen LogP contribution in [0.3, 0.4) is 0 Å². The van der Waals surface area contributed by atoms with Crippen molar-refractivity contribution in [2.75, 3.05) is 6.61 Å². The second kappa shape index (κ2) is 7.29. The highest BCUT2D eigenvalue weighted by Gasteiger charge is 2.24. The van der Waals surface area contributed by atoms with Crippen LogP contribution in [0.2, 0.25) is 0 Å². The van der Waals surface area contributed by atoms with Crippen molar-refractivity contribution in [1.29, 1.82) is 0 Å². The van der Waals surface area contributed by atoms with Crippen LogP contribution in [0.1, 0.15) is 30.0 Å². The Morgan fingerprint density at radius 3 is 2.88 bits per heavy atom. The summed E-state index contributed by atoms with van der Waals surface area (Å²) in [6.07, 6.45) is 1.22. The van der Waals surface area contributed by atoms with Crippen LogP contribution in [-0.4, -0.2) is 17.4 Å². The van der Waals surface area contributed by atoms with E-state index in [9.17, 15) is 19.3 Å². The number of carbonyl (C=O) groups is 1. The number of fused-ring (bicyclic) bond motifs is 1. The molecule has 0 fully saturated rings. The molecule has 0 saturated heterocycles. The van der Waals surface area contributed by atoms with Gasteiger partial charge in [-0.1, -0.05) is 30.3 Å². The summed E-state index contributed by atoms with van der Waals surface area (Å²) in [7, 11) is 0. The zero-order valence-electron chi connectivity index (χ0n) is 13.4. The molecule has 1 amide bonds. The van der Waals surface area contributed by atoms with Crippen LogP contribution in [0.15, 0.2) is 42.5 Å². The molecule has 1 atom stereocenters. The summed E-state index contributed by atoms with van der Waals surface area (Å²) in [5.74, 6) is -0.610. The Morgan fingerprint density at radius 1 is 1.28 bits per heavy atom. The van der Waals surface area contributed by atoms with Gasteiger partial charge in [-0.2, -0.15) is 4.39 Å². The molecule has 3 rings (SSSR count). The molecule has 1 heterocycles. The first kappa shape index (κ1) is 16.9. The largest absolute Gasteiger partial charge is 0.493 e. The molecule has 0 bridgehead atoms. The fourth-order valence-electron chi connectivity index (χ4n) is 3.00. The quantitative estimate of drug-likeness (QED) is 0.681. The topological polar surface area (TPSA) is 81.5 Å². The Labute approximate surface area is 143 Å². The molecule has 0 radical (unpaired) electrons. The number of hydrogen-bond acceptors (Lipinski definition) is 4. The van der Waals surface area contributed by atoms with E-state index in [2.05, 4.69) is 5.32 Å². The molecule has 7 heteroatoms. The van der Waals surface area contributed by atoms with Crippen molar-refractivity contribution in [3.63, 3.8) is 0 Å². The van der Waals surface area contributed by atoms with Crippen molar-refractivity contribution < 1.29 is 18.8 Å². The Bertz CT molecular complexity index is 809. The van der Waals surface area contributed by atoms with Crippen LogP contribution in [0.5, 0.6) is 5.75 Å². The van der Waals surface area contributed by atoms with Gasteiger partial charge in [0.25, 0.3) is 0 Å². The lowest BCUT2D eigenvalue weighted by Crippen LogP contribution is -2.30. The number of carbonyl (C=O) groups excluding carboxylic acids is 1. The van der Waals surface area contributed by atoms with Gasteiger partial charge in [0.05, 0.1) is 24.0 Å². The molecule has 0 aromatic heterocycles. The van der Waals surface area contributed by atoms with Crippen LogP contribution in [0.4, 0.5) is 10.1 Å². The average Bonchev–Trinajstić information content (AvgIpc) is 2.77. The second-order valence-electron chi connectivity index (χ2n) is 5.83. The molecule has 0 aliphatic carbocycles. The van der Waals surface area contributed by atoms with Gasteiger partial charge in [-0.25, -0.2) is 0 Å². The first-order valence-electron chi connectivity index (χ1n) is 7.99. The molecule has 25 heavy (non-hydrogen) atoms. The molecular formula is C18H17FN2O4. The SMILES string of the molecule is O=C(Cc1cccc(F)c1[N+](=O)[O-])N[C@@H]1CCCOc2ccccc21. The Balaban J connectivity index is 1.78. The summed E-state index contributed by atoms with van der Waals surface area (Å²) in [5.41, 5.74) is 0.282. The summed E-state index contributed by atoms with van der Waals surface area (Å²) in [6.45, 7) is 0.568. The van der Waals surface area contributed by atoms with E-state index in [0.29, 0.717) is 13.0 Å². The van der Waals surface area contributed by atoms with Gasteiger partial charge < -0.3 is 10.1 Å². The third kappa shape index (κ3) is 3.76. The molecule has 0 spiro atoms. The van der Waals surface area contributed by atoms with Gasteiger partial charge in [0, 0.05) is 11.1 Å². The van der Waals surface area contributed by atoms with Crippen molar-refractivity contribution in [2.45, 2.75) is 25.3 Å². The summed E-state index contributed by atoms with van der Waals surface area (Å²) in [5, 5.41) is 13.9. The minimum absolute atomic E-state index is 0.0562. The zero-order chi connectivity index (χ0) is 17.8. The number of nitro benzene ring substituents is 1. The molecule has 2 aromatic rings. The van der Waals surface area contributed by atoms with Gasteiger partial charge in [-0.3, -0.25) is 14.9 Å². The molecule has 1 aliphatic heterocycles. The molecule has 1 N–H and O–H groups in total. The fourth-order valence-corrected chi connectivity index (χ4v) is 3.00. The number of halogens is 1. The van der Waals surface area contributed by atoms with Crippen LogP contribution >= 0.6 is 0 Å². The first-order valence-corrected chi connectivity index (χ1v) is 7.99. The number of benzene rings is 2. The van der Waals surface area contributed by atoms with Crippen LogP contribution < -0.4 is 10.1 Å². The summed E-state index contributed by atoms with van der Waals surface area (Å²) in [6, 6.07) is 11.0. The van der Waals surface area contributed by atoms with Crippen molar-refractivity contribution in [1.82, 2.24) is 5.32 Å². The maximum atomic E-state index is 13.7. The van der Waals surface area contributed by atoms with Crippen molar-refractivity contribution >= 4 is 11.6 Å². The number of hydrogen-bond donors (Lipinski definition) is 1. The number of nitro groups is 1. The fraction of sp³-hybridized carbons (Fsp3) is 0.278. The van der Waals surface area contributed by atoms with Gasteiger partial charge >= 0.3 is 5.69 Å². The van der Waals surface area contributed by atoms with E-state index in [1.54, 1.807) is 0 Å². The maximum absolute atomic E-state index is 13.7. The van der Waals surface area contributed by atoms with Crippen LogP contribution in [0, 0.1) is 15.9 Å². The van der Waals surface area contributed by atoms with E-state index in [0.717, 1.165) is 23.8 Å². The number of nitrogens with zero attached hydrogens (tertiary/aromatic N) is 1. The predicted molar refractivity (Wildman–Crippen MR) is 88.8 cm³/mol. The summed E-state index contributed by atoms with van der Waals surface area (Å²) < 4.78 is 19.3.